The van der Waals surface area contributed by atoms with E-state index in [1.165, 1.54) is 6.92 Å². The molecule has 0 saturated heterocycles. The molecule has 56 valence electrons. The topological polar surface area (TPSA) is 37.3 Å². The zero-order valence-corrected chi connectivity index (χ0v) is 6.16. The molecule has 0 atom stereocenters. The van der Waals surface area contributed by atoms with Crippen LogP contribution in [0.5, 0.6) is 0 Å². The van der Waals surface area contributed by atoms with Crippen LogP contribution in [0, 0.1) is 0 Å². The van der Waals surface area contributed by atoms with Crippen LogP contribution < -0.4 is 10.4 Å². The average Bonchev–Trinajstić information content (AvgIpc) is 2.04. The van der Waals surface area contributed by atoms with Gasteiger partial charge in [-0.2, -0.15) is 0 Å². The highest BCUT2D eigenvalue weighted by Crippen LogP contribution is 1.77. The molecule has 0 spiro atoms. The molecule has 0 amide bonds. The SMILES string of the molecule is C/C(O)=c1/ccccc1=C=O. The molecule has 2 nitrogen and oxygen atoms in total. The lowest BCUT2D eigenvalue weighted by atomic mass is 10.2. The summed E-state index contributed by atoms with van der Waals surface area (Å²) in [5, 5.41) is 10.0. The summed E-state index contributed by atoms with van der Waals surface area (Å²) >= 11 is 0. The summed E-state index contributed by atoms with van der Waals surface area (Å²) in [6, 6.07) is 6.78. The van der Waals surface area contributed by atoms with Crippen LogP contribution in [0.25, 0.3) is 5.76 Å². The standard InChI is InChI=1S/C9H8O2/c1-7(11)9-5-3-2-4-8(9)6-10/h2-5,11H,1H3/b9-7+. The number of carbonyl (C=O) groups excluding carboxylic acids is 1. The molecule has 1 rings (SSSR count). The molecule has 0 unspecified atom stereocenters. The van der Waals surface area contributed by atoms with Gasteiger partial charge in [0.1, 0.15) is 5.94 Å². The van der Waals surface area contributed by atoms with Gasteiger partial charge in [-0.3, -0.25) is 0 Å². The first-order chi connectivity index (χ1) is 5.25. The third kappa shape index (κ3) is 1.48. The van der Waals surface area contributed by atoms with E-state index < -0.39 is 0 Å². The van der Waals surface area contributed by atoms with Crippen molar-refractivity contribution in [2.45, 2.75) is 6.92 Å². The molecule has 1 N–H and O–H groups in total. The van der Waals surface area contributed by atoms with Gasteiger partial charge < -0.3 is 5.11 Å². The minimum Gasteiger partial charge on any atom is -0.512 e. The normalized spacial score (nSPS) is 12.1. The monoisotopic (exact) mass is 148 g/mol. The van der Waals surface area contributed by atoms with Gasteiger partial charge in [0, 0.05) is 5.22 Å². The summed E-state index contributed by atoms with van der Waals surface area (Å²) in [6.45, 7) is 1.54. The molecule has 2 heteroatoms. The predicted octanol–water partition coefficient (Wildman–Crippen LogP) is -0.124. The minimum absolute atomic E-state index is 0.143. The van der Waals surface area contributed by atoms with Gasteiger partial charge in [0.25, 0.3) is 0 Å². The van der Waals surface area contributed by atoms with E-state index in [4.69, 9.17) is 5.11 Å². The van der Waals surface area contributed by atoms with Gasteiger partial charge >= 0.3 is 0 Å². The maximum Gasteiger partial charge on any atom is 0.133 e. The molecule has 0 bridgehead atoms. The van der Waals surface area contributed by atoms with Crippen LogP contribution in [0.3, 0.4) is 0 Å². The minimum atomic E-state index is 0.143. The van der Waals surface area contributed by atoms with Gasteiger partial charge in [0.15, 0.2) is 0 Å². The fraction of sp³-hybridized carbons (Fsp3) is 0.111. The number of benzene rings is 1. The highest BCUT2D eigenvalue weighted by atomic mass is 16.3. The molecule has 1 aromatic carbocycles. The van der Waals surface area contributed by atoms with E-state index in [2.05, 4.69) is 0 Å². The summed E-state index contributed by atoms with van der Waals surface area (Å²) in [7, 11) is 0. The van der Waals surface area contributed by atoms with Crippen LogP contribution in [0.15, 0.2) is 24.3 Å². The highest BCUT2D eigenvalue weighted by molar-refractivity contribution is 5.49. The van der Waals surface area contributed by atoms with E-state index in [0.29, 0.717) is 10.4 Å². The van der Waals surface area contributed by atoms with Crippen LogP contribution in [0.2, 0.25) is 0 Å². The molecule has 0 aromatic heterocycles. The summed E-state index contributed by atoms with van der Waals surface area (Å²) < 4.78 is 0. The fourth-order valence-corrected chi connectivity index (χ4v) is 0.888. The molecular weight excluding hydrogens is 140 g/mol. The van der Waals surface area contributed by atoms with E-state index in [-0.39, 0.29) is 5.76 Å². The van der Waals surface area contributed by atoms with E-state index in [1.807, 2.05) is 0 Å². The van der Waals surface area contributed by atoms with Crippen molar-refractivity contribution in [3.63, 3.8) is 0 Å². The first kappa shape index (κ1) is 7.58. The van der Waals surface area contributed by atoms with Gasteiger partial charge in [0.05, 0.1) is 11.0 Å². The van der Waals surface area contributed by atoms with Crippen molar-refractivity contribution in [1.82, 2.24) is 0 Å². The number of rotatable bonds is 0. The lowest BCUT2D eigenvalue weighted by Gasteiger charge is -1.87. The van der Waals surface area contributed by atoms with Crippen molar-refractivity contribution in [2.24, 2.45) is 0 Å². The van der Waals surface area contributed by atoms with Crippen LogP contribution >= 0.6 is 0 Å². The van der Waals surface area contributed by atoms with Gasteiger partial charge in [-0.25, -0.2) is 4.79 Å². The number of hydrogen-bond acceptors (Lipinski definition) is 2. The Labute approximate surface area is 64.1 Å². The molecule has 0 heterocycles. The quantitative estimate of drug-likeness (QED) is 0.556. The summed E-state index contributed by atoms with van der Waals surface area (Å²) in [5.74, 6) is 1.89. The Balaban J connectivity index is 3.78. The summed E-state index contributed by atoms with van der Waals surface area (Å²) in [4.78, 5) is 10.3. The maximum atomic E-state index is 10.3. The van der Waals surface area contributed by atoms with Gasteiger partial charge in [-0.15, -0.1) is 0 Å². The Hall–Kier alpha value is -1.53. The van der Waals surface area contributed by atoms with Crippen molar-refractivity contribution in [1.29, 1.82) is 0 Å². The lowest BCUT2D eigenvalue weighted by molar-refractivity contribution is 0.498. The van der Waals surface area contributed by atoms with E-state index >= 15 is 0 Å². The fourth-order valence-electron chi connectivity index (χ4n) is 0.888. The number of aliphatic hydroxyl groups is 1. The zero-order chi connectivity index (χ0) is 8.27. The van der Waals surface area contributed by atoms with Crippen molar-refractivity contribution in [2.75, 3.05) is 0 Å². The van der Waals surface area contributed by atoms with Crippen molar-refractivity contribution < 1.29 is 9.90 Å². The largest absolute Gasteiger partial charge is 0.512 e. The molecule has 1 aromatic rings. The Morgan fingerprint density at radius 2 is 2.09 bits per heavy atom. The highest BCUT2D eigenvalue weighted by Gasteiger charge is 1.87. The van der Waals surface area contributed by atoms with Crippen LogP contribution in [-0.4, -0.2) is 11.0 Å². The Kier molecular flexibility index (Phi) is 2.09. The van der Waals surface area contributed by atoms with E-state index in [1.54, 1.807) is 30.2 Å². The van der Waals surface area contributed by atoms with Gasteiger partial charge in [-0.05, 0) is 13.0 Å². The number of hydrogen-bond donors (Lipinski definition) is 1. The summed E-state index contributed by atoms with van der Waals surface area (Å²) in [6.07, 6.45) is 0. The molecular formula is C9H8O2. The maximum absolute atomic E-state index is 10.3. The Morgan fingerprint density at radius 1 is 1.45 bits per heavy atom. The van der Waals surface area contributed by atoms with Crippen LogP contribution in [-0.2, 0) is 4.79 Å². The third-order valence-corrected chi connectivity index (χ3v) is 1.43. The predicted molar refractivity (Wildman–Crippen MR) is 42.2 cm³/mol. The molecule has 11 heavy (non-hydrogen) atoms. The Morgan fingerprint density at radius 3 is 2.55 bits per heavy atom. The second kappa shape index (κ2) is 3.04. The molecule has 0 saturated carbocycles. The van der Waals surface area contributed by atoms with Crippen molar-refractivity contribution in [3.8, 4) is 0 Å². The zero-order valence-electron chi connectivity index (χ0n) is 6.16. The third-order valence-electron chi connectivity index (χ3n) is 1.43. The number of aliphatic hydroxyl groups excluding tert-OH is 1. The molecule has 0 aliphatic heterocycles. The summed E-state index contributed by atoms with van der Waals surface area (Å²) in [5.41, 5.74) is 0. The van der Waals surface area contributed by atoms with Gasteiger partial charge in [-0.1, -0.05) is 18.2 Å². The second-order valence-corrected chi connectivity index (χ2v) is 2.23. The first-order valence-electron chi connectivity index (χ1n) is 3.26. The van der Waals surface area contributed by atoms with Gasteiger partial charge in [0.2, 0.25) is 0 Å². The smallest absolute Gasteiger partial charge is 0.133 e. The molecule has 0 radical (unpaired) electrons. The lowest BCUT2D eigenvalue weighted by Crippen LogP contribution is -2.26. The van der Waals surface area contributed by atoms with Crippen molar-refractivity contribution in [3.05, 3.63) is 34.7 Å². The van der Waals surface area contributed by atoms with E-state index in [9.17, 15) is 4.79 Å². The van der Waals surface area contributed by atoms with Crippen molar-refractivity contribution >= 4 is 11.7 Å². The average molecular weight is 148 g/mol. The molecule has 0 aliphatic carbocycles. The van der Waals surface area contributed by atoms with Crippen LogP contribution in [0.1, 0.15) is 6.92 Å². The molecule has 0 fully saturated rings. The van der Waals surface area contributed by atoms with Crippen LogP contribution in [0.4, 0.5) is 0 Å². The van der Waals surface area contributed by atoms with E-state index in [0.717, 1.165) is 0 Å². The second-order valence-electron chi connectivity index (χ2n) is 2.23. The Bertz CT molecular complexity index is 382. The first-order valence-corrected chi connectivity index (χ1v) is 3.26. The molecule has 0 aliphatic rings.